The molecule has 5 heteroatoms. The molecule has 0 bridgehead atoms. The summed E-state index contributed by atoms with van der Waals surface area (Å²) in [5, 5.41) is 10.6. The van der Waals surface area contributed by atoms with Crippen LogP contribution in [0.4, 0.5) is 5.82 Å². The predicted molar refractivity (Wildman–Crippen MR) is 91.8 cm³/mol. The molecule has 1 N–H and O–H groups in total. The van der Waals surface area contributed by atoms with Crippen molar-refractivity contribution in [3.05, 3.63) is 39.4 Å². The molecule has 1 aromatic carbocycles. The van der Waals surface area contributed by atoms with Crippen molar-refractivity contribution in [2.75, 3.05) is 18.0 Å². The van der Waals surface area contributed by atoms with Crippen molar-refractivity contribution in [3.63, 3.8) is 0 Å². The second kappa shape index (κ2) is 6.24. The summed E-state index contributed by atoms with van der Waals surface area (Å²) in [7, 11) is 0. The quantitative estimate of drug-likeness (QED) is 0.824. The molecule has 0 spiro atoms. The lowest BCUT2D eigenvalue weighted by molar-refractivity contribution is 0.574. The molecular formula is C17H17Cl2N3. The highest BCUT2D eigenvalue weighted by molar-refractivity contribution is 6.42. The van der Waals surface area contributed by atoms with Crippen LogP contribution in [0.3, 0.4) is 0 Å². The van der Waals surface area contributed by atoms with Crippen molar-refractivity contribution in [2.45, 2.75) is 26.2 Å². The monoisotopic (exact) mass is 333 g/mol. The molecule has 22 heavy (non-hydrogen) atoms. The number of anilines is 1. The first-order chi connectivity index (χ1) is 10.6. The van der Waals surface area contributed by atoms with Gasteiger partial charge in [0.25, 0.3) is 0 Å². The molecule has 0 saturated carbocycles. The first-order valence-corrected chi connectivity index (χ1v) is 8.20. The fourth-order valence-corrected chi connectivity index (χ4v) is 3.31. The third kappa shape index (κ3) is 2.69. The first-order valence-electron chi connectivity index (χ1n) is 7.45. The van der Waals surface area contributed by atoms with Crippen LogP contribution in [0.5, 0.6) is 0 Å². The van der Waals surface area contributed by atoms with Crippen molar-refractivity contribution in [3.8, 4) is 17.3 Å². The molecule has 0 atom stereocenters. The minimum Gasteiger partial charge on any atom is -0.357 e. The Kier molecular flexibility index (Phi) is 4.33. The number of nitrogens with one attached hydrogen (secondary N) is 1. The summed E-state index contributed by atoms with van der Waals surface area (Å²) in [6, 6.07) is 7.89. The van der Waals surface area contributed by atoms with Gasteiger partial charge in [0.15, 0.2) is 0 Å². The second-order valence-corrected chi connectivity index (χ2v) is 6.45. The number of nitriles is 1. The molecule has 1 saturated heterocycles. The zero-order valence-electron chi connectivity index (χ0n) is 12.4. The highest BCUT2D eigenvalue weighted by Crippen LogP contribution is 2.35. The van der Waals surface area contributed by atoms with Crippen molar-refractivity contribution in [2.24, 2.45) is 0 Å². The molecule has 3 rings (SSSR count). The largest absolute Gasteiger partial charge is 0.357 e. The molecule has 1 aliphatic heterocycles. The lowest BCUT2D eigenvalue weighted by Gasteiger charge is -2.27. The molecule has 2 heterocycles. The van der Waals surface area contributed by atoms with Crippen molar-refractivity contribution in [1.82, 2.24) is 4.98 Å². The number of H-pyrrole nitrogens is 1. The fourth-order valence-electron chi connectivity index (χ4n) is 3.01. The topological polar surface area (TPSA) is 42.8 Å². The van der Waals surface area contributed by atoms with Gasteiger partial charge in [-0.25, -0.2) is 0 Å². The fraction of sp³-hybridized carbons (Fsp3) is 0.353. The maximum Gasteiger partial charge on any atom is 0.124 e. The number of benzene rings is 1. The zero-order chi connectivity index (χ0) is 15.7. The highest BCUT2D eigenvalue weighted by Gasteiger charge is 2.21. The number of halogens is 2. The van der Waals surface area contributed by atoms with E-state index in [2.05, 4.69) is 16.0 Å². The van der Waals surface area contributed by atoms with E-state index in [1.54, 1.807) is 6.07 Å². The van der Waals surface area contributed by atoms with Crippen LogP contribution in [-0.2, 0) is 0 Å². The van der Waals surface area contributed by atoms with Gasteiger partial charge in [-0.2, -0.15) is 5.26 Å². The van der Waals surface area contributed by atoms with E-state index in [1.807, 2.05) is 19.1 Å². The van der Waals surface area contributed by atoms with Gasteiger partial charge in [-0.15, -0.1) is 0 Å². The van der Waals surface area contributed by atoms with Crippen LogP contribution in [0, 0.1) is 18.3 Å². The number of hydrogen-bond acceptors (Lipinski definition) is 2. The van der Waals surface area contributed by atoms with Gasteiger partial charge in [-0.05, 0) is 49.4 Å². The molecule has 0 aliphatic carbocycles. The van der Waals surface area contributed by atoms with E-state index in [4.69, 9.17) is 23.2 Å². The van der Waals surface area contributed by atoms with Crippen LogP contribution in [0.25, 0.3) is 11.3 Å². The Morgan fingerprint density at radius 1 is 1.14 bits per heavy atom. The molecule has 1 fully saturated rings. The van der Waals surface area contributed by atoms with E-state index in [1.165, 1.54) is 19.3 Å². The van der Waals surface area contributed by atoms with Gasteiger partial charge in [0, 0.05) is 13.1 Å². The molecule has 1 aromatic heterocycles. The van der Waals surface area contributed by atoms with Crippen LogP contribution in [0.15, 0.2) is 18.2 Å². The van der Waals surface area contributed by atoms with Crippen LogP contribution in [-0.4, -0.2) is 18.1 Å². The van der Waals surface area contributed by atoms with Crippen LogP contribution < -0.4 is 4.90 Å². The summed E-state index contributed by atoms with van der Waals surface area (Å²) in [5.74, 6) is 0.931. The molecule has 114 valence electrons. The molecular weight excluding hydrogens is 317 g/mol. The Morgan fingerprint density at radius 2 is 1.86 bits per heavy atom. The summed E-state index contributed by atoms with van der Waals surface area (Å²) >= 11 is 12.1. The second-order valence-electron chi connectivity index (χ2n) is 5.64. The molecule has 3 nitrogen and oxygen atoms in total. The summed E-state index contributed by atoms with van der Waals surface area (Å²) in [4.78, 5) is 5.71. The van der Waals surface area contributed by atoms with Crippen molar-refractivity contribution < 1.29 is 0 Å². The van der Waals surface area contributed by atoms with Gasteiger partial charge >= 0.3 is 0 Å². The Hall–Kier alpha value is -1.63. The molecule has 1 aliphatic rings. The summed E-state index contributed by atoms with van der Waals surface area (Å²) < 4.78 is 0. The van der Waals surface area contributed by atoms with Gasteiger partial charge in [-0.3, -0.25) is 0 Å². The van der Waals surface area contributed by atoms with Gasteiger partial charge in [-0.1, -0.05) is 29.3 Å². The average molecular weight is 334 g/mol. The standard InChI is InChI=1S/C17H17Cl2N3/c1-11-13(10-20)17(22-7-3-2-4-8-22)21-16(11)12-5-6-14(18)15(19)9-12/h5-6,9,21H,2-4,7-8H2,1H3. The van der Waals surface area contributed by atoms with Crippen molar-refractivity contribution >= 4 is 29.0 Å². The van der Waals surface area contributed by atoms with E-state index in [0.29, 0.717) is 10.0 Å². The number of hydrogen-bond donors (Lipinski definition) is 1. The Labute approximate surface area is 140 Å². The van der Waals surface area contributed by atoms with E-state index < -0.39 is 0 Å². The van der Waals surface area contributed by atoms with E-state index in [9.17, 15) is 5.26 Å². The Morgan fingerprint density at radius 3 is 2.50 bits per heavy atom. The van der Waals surface area contributed by atoms with E-state index in [-0.39, 0.29) is 0 Å². The average Bonchev–Trinajstić information content (AvgIpc) is 2.87. The molecule has 0 amide bonds. The van der Waals surface area contributed by atoms with Crippen LogP contribution in [0.1, 0.15) is 30.4 Å². The number of rotatable bonds is 2. The minimum absolute atomic E-state index is 0.520. The van der Waals surface area contributed by atoms with Gasteiger partial charge < -0.3 is 9.88 Å². The minimum atomic E-state index is 0.520. The van der Waals surface area contributed by atoms with Gasteiger partial charge in [0.05, 0.1) is 21.3 Å². The van der Waals surface area contributed by atoms with Gasteiger partial charge in [0.1, 0.15) is 11.9 Å². The number of nitrogens with zero attached hydrogens (tertiary/aromatic N) is 2. The van der Waals surface area contributed by atoms with Crippen molar-refractivity contribution in [1.29, 1.82) is 5.26 Å². The molecule has 0 unspecified atom stereocenters. The summed E-state index contributed by atoms with van der Waals surface area (Å²) in [6.07, 6.45) is 3.60. The van der Waals surface area contributed by atoms with Crippen LogP contribution >= 0.6 is 23.2 Å². The zero-order valence-corrected chi connectivity index (χ0v) is 13.9. The maximum absolute atomic E-state index is 9.55. The number of aromatic amines is 1. The smallest absolute Gasteiger partial charge is 0.124 e. The van der Waals surface area contributed by atoms with Crippen LogP contribution in [0.2, 0.25) is 10.0 Å². The Bertz CT molecular complexity index is 737. The molecule has 2 aromatic rings. The Balaban J connectivity index is 2.07. The predicted octanol–water partition coefficient (Wildman–Crippen LogP) is 5.16. The lowest BCUT2D eigenvalue weighted by atomic mass is 10.1. The number of piperidine rings is 1. The number of aromatic nitrogens is 1. The highest BCUT2D eigenvalue weighted by atomic mass is 35.5. The lowest BCUT2D eigenvalue weighted by Crippen LogP contribution is -2.30. The maximum atomic E-state index is 9.55. The normalized spacial score (nSPS) is 14.9. The van der Waals surface area contributed by atoms with Gasteiger partial charge in [0.2, 0.25) is 0 Å². The third-order valence-electron chi connectivity index (χ3n) is 4.22. The SMILES string of the molecule is Cc1c(-c2ccc(Cl)c(Cl)c2)[nH]c(N2CCCCC2)c1C#N. The van der Waals surface area contributed by atoms with E-state index in [0.717, 1.165) is 41.3 Å². The summed E-state index contributed by atoms with van der Waals surface area (Å²) in [6.45, 7) is 3.96. The molecule has 0 radical (unpaired) electrons. The summed E-state index contributed by atoms with van der Waals surface area (Å²) in [5.41, 5.74) is 3.58. The first kappa shape index (κ1) is 15.3. The third-order valence-corrected chi connectivity index (χ3v) is 4.96. The van der Waals surface area contributed by atoms with E-state index >= 15 is 0 Å².